The number of hydrogen-bond acceptors (Lipinski definition) is 4. The van der Waals surface area contributed by atoms with Crippen molar-refractivity contribution in [3.8, 4) is 11.5 Å². The Kier molecular flexibility index (Phi) is 5.56. The summed E-state index contributed by atoms with van der Waals surface area (Å²) in [5.74, 6) is 1.24. The molecule has 2 rings (SSSR count). The fourth-order valence-electron chi connectivity index (χ4n) is 1.92. The Bertz CT molecular complexity index is 554. The van der Waals surface area contributed by atoms with E-state index in [9.17, 15) is 0 Å². The van der Waals surface area contributed by atoms with Crippen LogP contribution in [0.1, 0.15) is 31.2 Å². The molecule has 0 unspecified atom stereocenters. The second-order valence-corrected chi connectivity index (χ2v) is 5.23. The van der Waals surface area contributed by atoms with Crippen LogP contribution in [-0.2, 0) is 6.42 Å². The minimum atomic E-state index is 0.557. The molecule has 0 radical (unpaired) electrons. The van der Waals surface area contributed by atoms with Gasteiger partial charge in [0, 0.05) is 17.0 Å². The van der Waals surface area contributed by atoms with Crippen LogP contribution in [0.4, 0.5) is 0 Å². The Morgan fingerprint density at radius 3 is 2.85 bits per heavy atom. The van der Waals surface area contributed by atoms with Gasteiger partial charge in [-0.1, -0.05) is 18.5 Å². The molecule has 0 aliphatic heterocycles. The van der Waals surface area contributed by atoms with Crippen molar-refractivity contribution in [2.45, 2.75) is 33.1 Å². The molecule has 0 amide bonds. The van der Waals surface area contributed by atoms with Crippen LogP contribution in [0.5, 0.6) is 0 Å². The van der Waals surface area contributed by atoms with Gasteiger partial charge >= 0.3 is 0 Å². The third kappa shape index (κ3) is 4.05. The Morgan fingerprint density at radius 2 is 2.10 bits per heavy atom. The Morgan fingerprint density at radius 1 is 1.25 bits per heavy atom. The third-order valence-electron chi connectivity index (χ3n) is 3.04. The average Bonchev–Trinajstić information content (AvgIpc) is 2.90. The van der Waals surface area contributed by atoms with E-state index in [4.69, 9.17) is 16.0 Å². The molecule has 1 aromatic heterocycles. The van der Waals surface area contributed by atoms with Gasteiger partial charge in [-0.3, -0.25) is 0 Å². The number of benzene rings is 1. The van der Waals surface area contributed by atoms with E-state index in [1.165, 1.54) is 0 Å². The molecule has 0 bridgehead atoms. The number of rotatable bonds is 7. The van der Waals surface area contributed by atoms with Crippen molar-refractivity contribution in [1.29, 1.82) is 0 Å². The molecular weight excluding hydrogens is 274 g/mol. The van der Waals surface area contributed by atoms with Gasteiger partial charge < -0.3 is 9.73 Å². The Balaban J connectivity index is 1.93. The zero-order valence-electron chi connectivity index (χ0n) is 11.9. The summed E-state index contributed by atoms with van der Waals surface area (Å²) in [7, 11) is 0. The van der Waals surface area contributed by atoms with Crippen LogP contribution < -0.4 is 5.32 Å². The maximum absolute atomic E-state index is 6.01. The van der Waals surface area contributed by atoms with Gasteiger partial charge in [-0.05, 0) is 56.6 Å². The molecule has 0 saturated heterocycles. The summed E-state index contributed by atoms with van der Waals surface area (Å²) in [6.07, 6.45) is 2.96. The topological polar surface area (TPSA) is 51.0 Å². The fourth-order valence-corrected chi connectivity index (χ4v) is 2.03. The maximum Gasteiger partial charge on any atom is 0.247 e. The SMILES string of the molecule is CCCNCCCc1nnc(-c2ccc(Cl)c(C)c2)o1. The summed E-state index contributed by atoms with van der Waals surface area (Å²) in [6, 6.07) is 5.71. The van der Waals surface area contributed by atoms with Crippen LogP contribution in [0.15, 0.2) is 22.6 Å². The minimum absolute atomic E-state index is 0.557. The zero-order chi connectivity index (χ0) is 14.4. The Hall–Kier alpha value is -1.39. The van der Waals surface area contributed by atoms with Gasteiger partial charge in [0.05, 0.1) is 0 Å². The lowest BCUT2D eigenvalue weighted by atomic mass is 10.1. The van der Waals surface area contributed by atoms with Crippen molar-refractivity contribution >= 4 is 11.6 Å². The van der Waals surface area contributed by atoms with Crippen LogP contribution in [0.25, 0.3) is 11.5 Å². The standard InChI is InChI=1S/C15H20ClN3O/c1-3-8-17-9-4-5-14-18-19-15(20-14)12-6-7-13(16)11(2)10-12/h6-7,10,17H,3-5,8-9H2,1-2H3. The van der Waals surface area contributed by atoms with Crippen molar-refractivity contribution in [1.82, 2.24) is 15.5 Å². The lowest BCUT2D eigenvalue weighted by Crippen LogP contribution is -2.16. The molecule has 20 heavy (non-hydrogen) atoms. The predicted octanol–water partition coefficient (Wildman–Crippen LogP) is 3.63. The van der Waals surface area contributed by atoms with Crippen LogP contribution in [0, 0.1) is 6.92 Å². The van der Waals surface area contributed by atoms with Gasteiger partial charge in [-0.15, -0.1) is 10.2 Å². The monoisotopic (exact) mass is 293 g/mol. The van der Waals surface area contributed by atoms with E-state index in [1.54, 1.807) is 0 Å². The normalized spacial score (nSPS) is 10.9. The summed E-state index contributed by atoms with van der Waals surface area (Å²) in [6.45, 7) is 6.15. The second-order valence-electron chi connectivity index (χ2n) is 4.82. The Labute approximate surface area is 124 Å². The van der Waals surface area contributed by atoms with E-state index >= 15 is 0 Å². The van der Waals surface area contributed by atoms with Crippen molar-refractivity contribution in [2.24, 2.45) is 0 Å². The lowest BCUT2D eigenvalue weighted by molar-refractivity contribution is 0.491. The minimum Gasteiger partial charge on any atom is -0.421 e. The van der Waals surface area contributed by atoms with Crippen molar-refractivity contribution in [2.75, 3.05) is 13.1 Å². The van der Waals surface area contributed by atoms with Crippen molar-refractivity contribution in [3.63, 3.8) is 0 Å². The highest BCUT2D eigenvalue weighted by molar-refractivity contribution is 6.31. The molecule has 0 spiro atoms. The number of nitrogens with one attached hydrogen (secondary N) is 1. The molecule has 0 aliphatic carbocycles. The third-order valence-corrected chi connectivity index (χ3v) is 3.47. The van der Waals surface area contributed by atoms with E-state index in [0.717, 1.165) is 48.5 Å². The summed E-state index contributed by atoms with van der Waals surface area (Å²) >= 11 is 6.01. The predicted molar refractivity (Wildman–Crippen MR) is 81.0 cm³/mol. The molecule has 0 atom stereocenters. The summed E-state index contributed by atoms with van der Waals surface area (Å²) < 4.78 is 5.68. The summed E-state index contributed by atoms with van der Waals surface area (Å²) in [4.78, 5) is 0. The first-order valence-corrected chi connectivity index (χ1v) is 7.38. The zero-order valence-corrected chi connectivity index (χ0v) is 12.7. The van der Waals surface area contributed by atoms with Gasteiger partial charge in [-0.2, -0.15) is 0 Å². The maximum atomic E-state index is 6.01. The smallest absolute Gasteiger partial charge is 0.247 e. The second kappa shape index (κ2) is 7.41. The summed E-state index contributed by atoms with van der Waals surface area (Å²) in [5, 5.41) is 12.3. The number of hydrogen-bond donors (Lipinski definition) is 1. The van der Waals surface area contributed by atoms with Gasteiger partial charge in [0.25, 0.3) is 0 Å². The van der Waals surface area contributed by atoms with Crippen molar-refractivity contribution < 1.29 is 4.42 Å². The number of aryl methyl sites for hydroxylation is 2. The van der Waals surface area contributed by atoms with Crippen LogP contribution in [0.2, 0.25) is 5.02 Å². The molecule has 1 N–H and O–H groups in total. The largest absolute Gasteiger partial charge is 0.421 e. The van der Waals surface area contributed by atoms with Crippen LogP contribution in [-0.4, -0.2) is 23.3 Å². The van der Waals surface area contributed by atoms with E-state index in [-0.39, 0.29) is 0 Å². The highest BCUT2D eigenvalue weighted by Crippen LogP contribution is 2.23. The fraction of sp³-hybridized carbons (Fsp3) is 0.467. The average molecular weight is 294 g/mol. The molecule has 0 aliphatic rings. The van der Waals surface area contributed by atoms with Gasteiger partial charge in [0.2, 0.25) is 11.8 Å². The van der Waals surface area contributed by atoms with Crippen LogP contribution in [0.3, 0.4) is 0 Å². The van der Waals surface area contributed by atoms with E-state index < -0.39 is 0 Å². The molecule has 5 heteroatoms. The first-order valence-electron chi connectivity index (χ1n) is 7.00. The molecule has 4 nitrogen and oxygen atoms in total. The highest BCUT2D eigenvalue weighted by atomic mass is 35.5. The molecule has 0 fully saturated rings. The first kappa shape index (κ1) is 15.0. The van der Waals surface area contributed by atoms with Gasteiger partial charge in [0.1, 0.15) is 0 Å². The molecule has 0 saturated carbocycles. The van der Waals surface area contributed by atoms with E-state index in [2.05, 4.69) is 22.4 Å². The quantitative estimate of drug-likeness (QED) is 0.792. The van der Waals surface area contributed by atoms with Crippen molar-refractivity contribution in [3.05, 3.63) is 34.7 Å². The highest BCUT2D eigenvalue weighted by Gasteiger charge is 2.09. The number of halogens is 1. The summed E-state index contributed by atoms with van der Waals surface area (Å²) in [5.41, 5.74) is 1.92. The number of nitrogens with zero attached hydrogens (tertiary/aromatic N) is 2. The molecular formula is C15H20ClN3O. The number of aromatic nitrogens is 2. The molecule has 2 aromatic rings. The van der Waals surface area contributed by atoms with E-state index in [1.807, 2.05) is 25.1 Å². The van der Waals surface area contributed by atoms with Gasteiger partial charge in [-0.25, -0.2) is 0 Å². The van der Waals surface area contributed by atoms with Gasteiger partial charge in [0.15, 0.2) is 0 Å². The van der Waals surface area contributed by atoms with E-state index in [0.29, 0.717) is 11.8 Å². The molecule has 108 valence electrons. The van der Waals surface area contributed by atoms with Crippen LogP contribution >= 0.6 is 11.6 Å². The lowest BCUT2D eigenvalue weighted by Gasteiger charge is -2.00. The molecule has 1 aromatic carbocycles. The first-order chi connectivity index (χ1) is 9.70. The molecule has 1 heterocycles.